The van der Waals surface area contributed by atoms with E-state index in [0.29, 0.717) is 6.04 Å². The summed E-state index contributed by atoms with van der Waals surface area (Å²) in [5.74, 6) is 1.03. The Morgan fingerprint density at radius 1 is 1.10 bits per heavy atom. The van der Waals surface area contributed by atoms with Crippen LogP contribution in [-0.2, 0) is 6.54 Å². The molecule has 3 rings (SSSR count). The zero-order valence-corrected chi connectivity index (χ0v) is 12.8. The zero-order valence-electron chi connectivity index (χ0n) is 12.8. The number of hydrogen-bond acceptors (Lipinski definition) is 2. The van der Waals surface area contributed by atoms with Gasteiger partial charge in [0.2, 0.25) is 0 Å². The Kier molecular flexibility index (Phi) is 4.26. The third-order valence-corrected chi connectivity index (χ3v) is 4.02. The first-order chi connectivity index (χ1) is 10.2. The van der Waals surface area contributed by atoms with Gasteiger partial charge in [0.15, 0.2) is 0 Å². The van der Waals surface area contributed by atoms with Crippen LogP contribution in [0, 0.1) is 6.92 Å². The summed E-state index contributed by atoms with van der Waals surface area (Å²) in [6.07, 6.45) is 2.68. The molecule has 0 spiro atoms. The summed E-state index contributed by atoms with van der Waals surface area (Å²) in [6.45, 7) is 5.12. The van der Waals surface area contributed by atoms with Crippen LogP contribution in [0.3, 0.4) is 0 Å². The molecule has 0 aliphatic heterocycles. The van der Waals surface area contributed by atoms with Crippen molar-refractivity contribution in [3.05, 3.63) is 65.2 Å². The lowest BCUT2D eigenvalue weighted by molar-refractivity contribution is 0.222. The maximum Gasteiger partial charge on any atom is 0.127 e. The van der Waals surface area contributed by atoms with E-state index in [0.717, 1.165) is 12.3 Å². The van der Waals surface area contributed by atoms with Crippen molar-refractivity contribution in [3.8, 4) is 5.75 Å². The molecular weight excluding hydrogens is 258 g/mol. The fourth-order valence-corrected chi connectivity index (χ4v) is 2.53. The lowest BCUT2D eigenvalue weighted by atomic mass is 10.1. The highest BCUT2D eigenvalue weighted by Gasteiger charge is 2.21. The van der Waals surface area contributed by atoms with Crippen molar-refractivity contribution in [2.75, 3.05) is 0 Å². The molecule has 2 nitrogen and oxygen atoms in total. The largest absolute Gasteiger partial charge is 0.485 e. The van der Waals surface area contributed by atoms with Gasteiger partial charge in [0.1, 0.15) is 11.9 Å². The Labute approximate surface area is 127 Å². The van der Waals surface area contributed by atoms with Gasteiger partial charge in [-0.15, -0.1) is 0 Å². The number of para-hydroxylation sites is 1. The van der Waals surface area contributed by atoms with Gasteiger partial charge in [0, 0.05) is 18.2 Å². The summed E-state index contributed by atoms with van der Waals surface area (Å²) < 4.78 is 6.28. The number of nitrogens with one attached hydrogen (secondary N) is 1. The van der Waals surface area contributed by atoms with Gasteiger partial charge in [-0.25, -0.2) is 0 Å². The quantitative estimate of drug-likeness (QED) is 0.848. The van der Waals surface area contributed by atoms with Crippen LogP contribution in [0.15, 0.2) is 48.5 Å². The van der Waals surface area contributed by atoms with Crippen LogP contribution in [0.4, 0.5) is 0 Å². The highest BCUT2D eigenvalue weighted by Crippen LogP contribution is 2.29. The Morgan fingerprint density at radius 2 is 1.86 bits per heavy atom. The van der Waals surface area contributed by atoms with E-state index < -0.39 is 0 Å². The summed E-state index contributed by atoms with van der Waals surface area (Å²) in [7, 11) is 0. The minimum absolute atomic E-state index is 0.0620. The second-order valence-corrected chi connectivity index (χ2v) is 5.89. The molecule has 1 atom stereocenters. The summed E-state index contributed by atoms with van der Waals surface area (Å²) in [5.41, 5.74) is 3.67. The molecule has 1 N–H and O–H groups in total. The molecule has 1 aliphatic carbocycles. The van der Waals surface area contributed by atoms with Crippen molar-refractivity contribution in [2.24, 2.45) is 0 Å². The highest BCUT2D eigenvalue weighted by atomic mass is 16.5. The van der Waals surface area contributed by atoms with Gasteiger partial charge in [-0.2, -0.15) is 0 Å². The van der Waals surface area contributed by atoms with Crippen LogP contribution < -0.4 is 10.1 Å². The summed E-state index contributed by atoms with van der Waals surface area (Å²) in [6, 6.07) is 17.5. The molecule has 0 aromatic heterocycles. The van der Waals surface area contributed by atoms with Crippen molar-refractivity contribution in [1.82, 2.24) is 5.32 Å². The first-order valence-corrected chi connectivity index (χ1v) is 7.77. The average molecular weight is 281 g/mol. The van der Waals surface area contributed by atoms with Crippen molar-refractivity contribution in [3.63, 3.8) is 0 Å². The van der Waals surface area contributed by atoms with E-state index in [1.807, 2.05) is 6.07 Å². The van der Waals surface area contributed by atoms with Crippen LogP contribution >= 0.6 is 0 Å². The fraction of sp³-hybridized carbons (Fsp3) is 0.368. The second-order valence-electron chi connectivity index (χ2n) is 5.89. The van der Waals surface area contributed by atoms with Crippen LogP contribution in [0.5, 0.6) is 5.75 Å². The lowest BCUT2D eigenvalue weighted by Gasteiger charge is -2.20. The average Bonchev–Trinajstić information content (AvgIpc) is 3.33. The molecule has 0 amide bonds. The number of ether oxygens (including phenoxy) is 1. The molecular formula is C19H23NO. The van der Waals surface area contributed by atoms with Gasteiger partial charge in [-0.05, 0) is 37.8 Å². The normalized spacial score (nSPS) is 15.7. The van der Waals surface area contributed by atoms with Crippen LogP contribution in [0.2, 0.25) is 0 Å². The van der Waals surface area contributed by atoms with E-state index in [1.54, 1.807) is 0 Å². The standard InChI is InChI=1S/C19H23NO/c1-14-7-6-10-17(13-20-18-11-12-18)19(14)21-15(2)16-8-4-3-5-9-16/h3-10,15,18,20H,11-13H2,1-2H3. The third-order valence-electron chi connectivity index (χ3n) is 4.02. The molecule has 21 heavy (non-hydrogen) atoms. The van der Waals surface area contributed by atoms with E-state index in [4.69, 9.17) is 4.74 Å². The van der Waals surface area contributed by atoms with Crippen LogP contribution in [0.25, 0.3) is 0 Å². The highest BCUT2D eigenvalue weighted by molar-refractivity contribution is 5.41. The molecule has 0 bridgehead atoms. The van der Waals surface area contributed by atoms with E-state index in [2.05, 4.69) is 61.6 Å². The van der Waals surface area contributed by atoms with E-state index in [-0.39, 0.29) is 6.10 Å². The molecule has 2 aromatic carbocycles. The van der Waals surface area contributed by atoms with Gasteiger partial charge in [-0.1, -0.05) is 48.5 Å². The van der Waals surface area contributed by atoms with E-state index in [9.17, 15) is 0 Å². The molecule has 1 fully saturated rings. The molecule has 2 aromatic rings. The van der Waals surface area contributed by atoms with Crippen molar-refractivity contribution in [1.29, 1.82) is 0 Å². The Morgan fingerprint density at radius 3 is 2.57 bits per heavy atom. The van der Waals surface area contributed by atoms with Gasteiger partial charge in [0.25, 0.3) is 0 Å². The zero-order chi connectivity index (χ0) is 14.7. The monoisotopic (exact) mass is 281 g/mol. The molecule has 0 heterocycles. The topological polar surface area (TPSA) is 21.3 Å². The first kappa shape index (κ1) is 14.2. The summed E-state index contributed by atoms with van der Waals surface area (Å²) >= 11 is 0. The predicted octanol–water partition coefficient (Wildman–Crippen LogP) is 4.39. The van der Waals surface area contributed by atoms with Gasteiger partial charge < -0.3 is 10.1 Å². The second kappa shape index (κ2) is 6.31. The van der Waals surface area contributed by atoms with Gasteiger partial charge in [-0.3, -0.25) is 0 Å². The summed E-state index contributed by atoms with van der Waals surface area (Å²) in [5, 5.41) is 3.57. The summed E-state index contributed by atoms with van der Waals surface area (Å²) in [4.78, 5) is 0. The molecule has 1 aliphatic rings. The van der Waals surface area contributed by atoms with Crippen molar-refractivity contribution in [2.45, 2.75) is 45.4 Å². The molecule has 0 radical (unpaired) electrons. The van der Waals surface area contributed by atoms with Crippen molar-refractivity contribution >= 4 is 0 Å². The number of aryl methyl sites for hydroxylation is 1. The van der Waals surface area contributed by atoms with Gasteiger partial charge in [0.05, 0.1) is 0 Å². The molecule has 0 saturated heterocycles. The van der Waals surface area contributed by atoms with Crippen molar-refractivity contribution < 1.29 is 4.74 Å². The third kappa shape index (κ3) is 3.64. The minimum Gasteiger partial charge on any atom is -0.485 e. The van der Waals surface area contributed by atoms with E-state index >= 15 is 0 Å². The van der Waals surface area contributed by atoms with E-state index in [1.165, 1.54) is 29.5 Å². The Bertz CT molecular complexity index is 590. The number of benzene rings is 2. The Hall–Kier alpha value is -1.80. The molecule has 2 heteroatoms. The smallest absolute Gasteiger partial charge is 0.127 e. The SMILES string of the molecule is Cc1cccc(CNC2CC2)c1OC(C)c1ccccc1. The van der Waals surface area contributed by atoms with Crippen LogP contribution in [0.1, 0.15) is 42.6 Å². The molecule has 110 valence electrons. The van der Waals surface area contributed by atoms with Crippen LogP contribution in [-0.4, -0.2) is 6.04 Å². The fourth-order valence-electron chi connectivity index (χ4n) is 2.53. The maximum absolute atomic E-state index is 6.28. The molecule has 1 saturated carbocycles. The number of rotatable bonds is 6. The maximum atomic E-state index is 6.28. The predicted molar refractivity (Wildman–Crippen MR) is 86.5 cm³/mol. The van der Waals surface area contributed by atoms with Gasteiger partial charge >= 0.3 is 0 Å². The Balaban J connectivity index is 1.76. The molecule has 1 unspecified atom stereocenters. The lowest BCUT2D eigenvalue weighted by Crippen LogP contribution is -2.17. The number of hydrogen-bond donors (Lipinski definition) is 1. The first-order valence-electron chi connectivity index (χ1n) is 7.77. The minimum atomic E-state index is 0.0620.